The Hall–Kier alpha value is -3.72. The molecule has 0 aliphatic heterocycles. The van der Waals surface area contributed by atoms with E-state index in [0.29, 0.717) is 16.3 Å². The number of para-hydroxylation sites is 1. The van der Waals surface area contributed by atoms with Crippen molar-refractivity contribution in [2.45, 2.75) is 0 Å². The third-order valence-corrected chi connectivity index (χ3v) is 4.77. The van der Waals surface area contributed by atoms with Crippen LogP contribution in [0.2, 0.25) is 0 Å². The lowest BCUT2D eigenvalue weighted by Gasteiger charge is -2.08. The van der Waals surface area contributed by atoms with Gasteiger partial charge in [0.1, 0.15) is 0 Å². The van der Waals surface area contributed by atoms with Gasteiger partial charge in [0.25, 0.3) is 11.8 Å². The van der Waals surface area contributed by atoms with Crippen molar-refractivity contribution in [1.29, 1.82) is 0 Å². The highest BCUT2D eigenvalue weighted by Gasteiger charge is 2.13. The summed E-state index contributed by atoms with van der Waals surface area (Å²) in [5.41, 5.74) is 1.21. The Bertz CT molecular complexity index is 1170. The zero-order valence-corrected chi connectivity index (χ0v) is 15.7. The van der Waals surface area contributed by atoms with Crippen LogP contribution in [0.1, 0.15) is 10.6 Å². The standard InChI is InChI=1S/C20H14FN3O4S/c21-13-4-1-2-5-15(13)28-11-18(25)22-12-7-8-14-17(10-12)29-20(23-14)24-19(26)16-6-3-9-27-16/h1-10H,11H2,(H,22,25)(H,23,24,26). The average Bonchev–Trinajstić information content (AvgIpc) is 3.36. The van der Waals surface area contributed by atoms with Crippen LogP contribution in [0, 0.1) is 5.82 Å². The minimum Gasteiger partial charge on any atom is -0.481 e. The number of hydrogen-bond donors (Lipinski definition) is 2. The van der Waals surface area contributed by atoms with Crippen LogP contribution in [0.5, 0.6) is 5.75 Å². The van der Waals surface area contributed by atoms with Crippen molar-refractivity contribution in [3.8, 4) is 5.75 Å². The second-order valence-corrected chi connectivity index (χ2v) is 6.93. The Morgan fingerprint density at radius 1 is 1.10 bits per heavy atom. The second-order valence-electron chi connectivity index (χ2n) is 5.90. The summed E-state index contributed by atoms with van der Waals surface area (Å²) in [6.45, 7) is -0.327. The van der Waals surface area contributed by atoms with Crippen molar-refractivity contribution in [2.24, 2.45) is 0 Å². The number of ether oxygens (including phenoxy) is 1. The van der Waals surface area contributed by atoms with Gasteiger partial charge in [-0.15, -0.1) is 0 Å². The van der Waals surface area contributed by atoms with Crippen molar-refractivity contribution in [3.05, 3.63) is 72.4 Å². The van der Waals surface area contributed by atoms with Gasteiger partial charge in [-0.1, -0.05) is 23.5 Å². The molecule has 0 bridgehead atoms. The lowest BCUT2D eigenvalue weighted by Crippen LogP contribution is -2.20. The molecule has 2 heterocycles. The first-order valence-electron chi connectivity index (χ1n) is 8.51. The predicted molar refractivity (Wildman–Crippen MR) is 107 cm³/mol. The number of carbonyl (C=O) groups is 2. The molecule has 2 aromatic heterocycles. The predicted octanol–water partition coefficient (Wildman–Crippen LogP) is 4.30. The van der Waals surface area contributed by atoms with Gasteiger partial charge in [-0.05, 0) is 42.5 Å². The molecule has 4 rings (SSSR count). The zero-order chi connectivity index (χ0) is 20.2. The normalized spacial score (nSPS) is 10.7. The summed E-state index contributed by atoms with van der Waals surface area (Å²) in [5, 5.41) is 5.77. The number of hydrogen-bond acceptors (Lipinski definition) is 6. The molecule has 146 valence electrons. The van der Waals surface area contributed by atoms with Crippen molar-refractivity contribution in [3.63, 3.8) is 0 Å². The summed E-state index contributed by atoms with van der Waals surface area (Å²) in [6.07, 6.45) is 1.41. The number of fused-ring (bicyclic) bond motifs is 1. The molecule has 9 heteroatoms. The van der Waals surface area contributed by atoms with Gasteiger partial charge in [-0.2, -0.15) is 0 Å². The number of carbonyl (C=O) groups excluding carboxylic acids is 2. The van der Waals surface area contributed by atoms with E-state index in [4.69, 9.17) is 9.15 Å². The number of anilines is 2. The molecule has 29 heavy (non-hydrogen) atoms. The highest BCUT2D eigenvalue weighted by Crippen LogP contribution is 2.28. The van der Waals surface area contributed by atoms with E-state index >= 15 is 0 Å². The van der Waals surface area contributed by atoms with Gasteiger partial charge in [0, 0.05) is 5.69 Å². The SMILES string of the molecule is O=C(COc1ccccc1F)Nc1ccc2nc(NC(=O)c3ccco3)sc2c1. The quantitative estimate of drug-likeness (QED) is 0.493. The minimum atomic E-state index is -0.532. The summed E-state index contributed by atoms with van der Waals surface area (Å²) in [4.78, 5) is 28.5. The monoisotopic (exact) mass is 411 g/mol. The maximum Gasteiger partial charge on any atom is 0.293 e. The van der Waals surface area contributed by atoms with Gasteiger partial charge in [-0.3, -0.25) is 14.9 Å². The van der Waals surface area contributed by atoms with Crippen molar-refractivity contribution in [2.75, 3.05) is 17.2 Å². The summed E-state index contributed by atoms with van der Waals surface area (Å²) in [5.74, 6) is -1.16. The number of halogens is 1. The molecular formula is C20H14FN3O4S. The molecule has 0 atom stereocenters. The lowest BCUT2D eigenvalue weighted by atomic mass is 10.3. The van der Waals surface area contributed by atoms with Crippen LogP contribution >= 0.6 is 11.3 Å². The molecule has 0 aliphatic carbocycles. The fourth-order valence-electron chi connectivity index (χ4n) is 2.52. The second kappa shape index (κ2) is 8.11. The first kappa shape index (κ1) is 18.6. The number of thiazole rings is 1. The lowest BCUT2D eigenvalue weighted by molar-refractivity contribution is -0.118. The first-order chi connectivity index (χ1) is 14.1. The van der Waals surface area contributed by atoms with Crippen LogP contribution in [-0.4, -0.2) is 23.4 Å². The number of nitrogens with one attached hydrogen (secondary N) is 2. The molecule has 0 unspecified atom stereocenters. The topological polar surface area (TPSA) is 93.5 Å². The van der Waals surface area contributed by atoms with E-state index in [0.717, 1.165) is 4.70 Å². The smallest absolute Gasteiger partial charge is 0.293 e. The number of rotatable bonds is 6. The van der Waals surface area contributed by atoms with E-state index in [1.54, 1.807) is 36.4 Å². The molecule has 0 radical (unpaired) electrons. The van der Waals surface area contributed by atoms with Crippen LogP contribution < -0.4 is 15.4 Å². The van der Waals surface area contributed by atoms with Gasteiger partial charge in [0.2, 0.25) is 0 Å². The Labute approximate surface area is 168 Å². The van der Waals surface area contributed by atoms with Crippen LogP contribution in [-0.2, 0) is 4.79 Å². The molecule has 2 N–H and O–H groups in total. The molecule has 2 amide bonds. The molecule has 0 saturated heterocycles. The number of benzene rings is 2. The molecule has 0 aliphatic rings. The number of nitrogens with zero attached hydrogens (tertiary/aromatic N) is 1. The molecule has 0 saturated carbocycles. The van der Waals surface area contributed by atoms with Crippen LogP contribution in [0.15, 0.2) is 65.3 Å². The Morgan fingerprint density at radius 2 is 1.97 bits per heavy atom. The third kappa shape index (κ3) is 4.41. The highest BCUT2D eigenvalue weighted by atomic mass is 32.1. The molecule has 7 nitrogen and oxygen atoms in total. The highest BCUT2D eigenvalue weighted by molar-refractivity contribution is 7.22. The van der Waals surface area contributed by atoms with E-state index in [-0.39, 0.29) is 18.1 Å². The minimum absolute atomic E-state index is 0.0116. The van der Waals surface area contributed by atoms with Gasteiger partial charge in [0.15, 0.2) is 29.1 Å². The van der Waals surface area contributed by atoms with E-state index < -0.39 is 17.6 Å². The van der Waals surface area contributed by atoms with Crippen LogP contribution in [0.25, 0.3) is 10.2 Å². The number of amides is 2. The Morgan fingerprint density at radius 3 is 2.76 bits per heavy atom. The van der Waals surface area contributed by atoms with E-state index in [9.17, 15) is 14.0 Å². The summed E-state index contributed by atoms with van der Waals surface area (Å²) in [7, 11) is 0. The fraction of sp³-hybridized carbons (Fsp3) is 0.0500. The van der Waals surface area contributed by atoms with E-state index in [1.807, 2.05) is 0 Å². The van der Waals surface area contributed by atoms with Gasteiger partial charge >= 0.3 is 0 Å². The average molecular weight is 411 g/mol. The fourth-order valence-corrected chi connectivity index (χ4v) is 3.42. The maximum atomic E-state index is 13.5. The van der Waals surface area contributed by atoms with Crippen molar-refractivity contribution < 1.29 is 23.1 Å². The summed E-state index contributed by atoms with van der Waals surface area (Å²) < 4.78 is 24.5. The van der Waals surface area contributed by atoms with Crippen molar-refractivity contribution >= 4 is 44.2 Å². The molecular weight excluding hydrogens is 397 g/mol. The Balaban J connectivity index is 1.40. The Kier molecular flexibility index (Phi) is 5.21. The maximum absolute atomic E-state index is 13.5. The number of aromatic nitrogens is 1. The summed E-state index contributed by atoms with van der Waals surface area (Å²) in [6, 6.07) is 14.2. The molecule has 0 fully saturated rings. The third-order valence-electron chi connectivity index (χ3n) is 3.83. The first-order valence-corrected chi connectivity index (χ1v) is 9.33. The molecule has 2 aromatic carbocycles. The van der Waals surface area contributed by atoms with Gasteiger partial charge in [0.05, 0.1) is 16.5 Å². The molecule has 4 aromatic rings. The molecule has 0 spiro atoms. The van der Waals surface area contributed by atoms with Crippen molar-refractivity contribution in [1.82, 2.24) is 4.98 Å². The van der Waals surface area contributed by atoms with Crippen LogP contribution in [0.3, 0.4) is 0 Å². The van der Waals surface area contributed by atoms with E-state index in [2.05, 4.69) is 15.6 Å². The van der Waals surface area contributed by atoms with Crippen LogP contribution in [0.4, 0.5) is 15.2 Å². The van der Waals surface area contributed by atoms with Gasteiger partial charge in [-0.25, -0.2) is 9.37 Å². The number of furan rings is 1. The van der Waals surface area contributed by atoms with Gasteiger partial charge < -0.3 is 14.5 Å². The largest absolute Gasteiger partial charge is 0.481 e. The summed E-state index contributed by atoms with van der Waals surface area (Å²) >= 11 is 1.26. The van der Waals surface area contributed by atoms with E-state index in [1.165, 1.54) is 35.8 Å². The zero-order valence-electron chi connectivity index (χ0n) is 14.8.